The Balaban J connectivity index is 1.84. The van der Waals surface area contributed by atoms with Gasteiger partial charge >= 0.3 is 0 Å². The van der Waals surface area contributed by atoms with Gasteiger partial charge in [0.15, 0.2) is 5.82 Å². The summed E-state index contributed by atoms with van der Waals surface area (Å²) in [5.41, 5.74) is 9.37. The molecule has 3 aromatic rings. The van der Waals surface area contributed by atoms with E-state index < -0.39 is 0 Å². The molecule has 0 aliphatic heterocycles. The minimum atomic E-state index is -0.319. The number of hydrogen-bond donors (Lipinski definition) is 2. The number of aromatic nitrogens is 3. The smallest absolute Gasteiger partial charge is 0.181 e. The molecule has 3 rings (SSSR count). The van der Waals surface area contributed by atoms with Gasteiger partial charge in [-0.05, 0) is 36.8 Å². The molecule has 0 aliphatic rings. The fourth-order valence-electron chi connectivity index (χ4n) is 2.21. The summed E-state index contributed by atoms with van der Waals surface area (Å²) in [5.74, 6) is 2.07. The van der Waals surface area contributed by atoms with Crippen molar-refractivity contribution in [2.45, 2.75) is 13.0 Å². The summed E-state index contributed by atoms with van der Waals surface area (Å²) >= 11 is 0. The predicted octanol–water partition coefficient (Wildman–Crippen LogP) is 2.84. The number of hydrogen-bond acceptors (Lipinski definition) is 4. The van der Waals surface area contributed by atoms with Gasteiger partial charge in [0.05, 0.1) is 13.2 Å². The number of nitrogens with two attached hydrogens (primary N) is 1. The molecule has 22 heavy (non-hydrogen) atoms. The molecule has 2 aromatic carbocycles. The Bertz CT molecular complexity index is 747. The van der Waals surface area contributed by atoms with Crippen molar-refractivity contribution in [3.8, 4) is 17.1 Å². The van der Waals surface area contributed by atoms with Crippen molar-refractivity contribution in [2.75, 3.05) is 7.11 Å². The van der Waals surface area contributed by atoms with Crippen LogP contribution < -0.4 is 10.5 Å². The predicted molar refractivity (Wildman–Crippen MR) is 85.6 cm³/mol. The highest BCUT2D eigenvalue weighted by Crippen LogP contribution is 2.22. The summed E-state index contributed by atoms with van der Waals surface area (Å²) in [6.45, 7) is 2.05. The van der Waals surface area contributed by atoms with Gasteiger partial charge in [0.1, 0.15) is 11.6 Å². The van der Waals surface area contributed by atoms with Gasteiger partial charge in [0.25, 0.3) is 0 Å². The first-order valence-corrected chi connectivity index (χ1v) is 7.06. The van der Waals surface area contributed by atoms with Crippen LogP contribution in [0, 0.1) is 6.92 Å². The van der Waals surface area contributed by atoms with E-state index in [4.69, 9.17) is 10.5 Å². The average Bonchev–Trinajstić information content (AvgIpc) is 3.05. The van der Waals surface area contributed by atoms with Gasteiger partial charge in [-0.2, -0.15) is 5.10 Å². The largest absolute Gasteiger partial charge is 0.497 e. The number of nitrogens with one attached hydrogen (secondary N) is 1. The lowest BCUT2D eigenvalue weighted by molar-refractivity contribution is 0.415. The van der Waals surface area contributed by atoms with E-state index in [0.29, 0.717) is 11.6 Å². The molecule has 1 aromatic heterocycles. The zero-order valence-electron chi connectivity index (χ0n) is 12.6. The topological polar surface area (TPSA) is 76.8 Å². The van der Waals surface area contributed by atoms with E-state index in [1.807, 2.05) is 55.5 Å². The average molecular weight is 294 g/mol. The third-order valence-corrected chi connectivity index (χ3v) is 3.58. The maximum Gasteiger partial charge on any atom is 0.181 e. The molecular formula is C17H18N4O. The van der Waals surface area contributed by atoms with Crippen LogP contribution in [-0.4, -0.2) is 22.3 Å². The van der Waals surface area contributed by atoms with Crippen molar-refractivity contribution in [3.63, 3.8) is 0 Å². The second-order valence-electron chi connectivity index (χ2n) is 5.16. The molecule has 0 bridgehead atoms. The third-order valence-electron chi connectivity index (χ3n) is 3.58. The Morgan fingerprint density at radius 2 is 1.73 bits per heavy atom. The van der Waals surface area contributed by atoms with E-state index in [2.05, 4.69) is 15.2 Å². The zero-order chi connectivity index (χ0) is 15.5. The maximum absolute atomic E-state index is 6.25. The summed E-state index contributed by atoms with van der Waals surface area (Å²) in [7, 11) is 1.64. The normalized spacial score (nSPS) is 12.1. The Morgan fingerprint density at radius 1 is 1.05 bits per heavy atom. The molecule has 1 heterocycles. The fourth-order valence-corrected chi connectivity index (χ4v) is 2.21. The van der Waals surface area contributed by atoms with Crippen LogP contribution >= 0.6 is 0 Å². The molecule has 5 nitrogen and oxygen atoms in total. The first-order valence-electron chi connectivity index (χ1n) is 7.06. The van der Waals surface area contributed by atoms with E-state index in [1.54, 1.807) is 7.11 Å². The standard InChI is InChI=1S/C17H18N4O/c1-11-3-5-12(6-4-11)15(18)17-19-16(20-21-17)13-7-9-14(22-2)10-8-13/h3-10,15H,18H2,1-2H3,(H,19,20,21)/t15-/m0/s1. The minimum absolute atomic E-state index is 0.319. The van der Waals surface area contributed by atoms with Crippen LogP contribution in [0.4, 0.5) is 0 Å². The summed E-state index contributed by atoms with van der Waals surface area (Å²) in [5, 5.41) is 7.18. The van der Waals surface area contributed by atoms with Gasteiger partial charge in [-0.15, -0.1) is 0 Å². The monoisotopic (exact) mass is 294 g/mol. The van der Waals surface area contributed by atoms with Crippen molar-refractivity contribution < 1.29 is 4.74 Å². The Morgan fingerprint density at radius 3 is 2.36 bits per heavy atom. The van der Waals surface area contributed by atoms with E-state index in [-0.39, 0.29) is 6.04 Å². The molecule has 0 saturated heterocycles. The van der Waals surface area contributed by atoms with Crippen LogP contribution in [0.25, 0.3) is 11.4 Å². The molecule has 0 unspecified atom stereocenters. The van der Waals surface area contributed by atoms with E-state index in [9.17, 15) is 0 Å². The molecule has 5 heteroatoms. The van der Waals surface area contributed by atoms with E-state index in [1.165, 1.54) is 5.56 Å². The number of aromatic amines is 1. The molecule has 1 atom stereocenters. The summed E-state index contributed by atoms with van der Waals surface area (Å²) < 4.78 is 5.15. The lowest BCUT2D eigenvalue weighted by Crippen LogP contribution is -2.13. The lowest BCUT2D eigenvalue weighted by Gasteiger charge is -2.08. The van der Waals surface area contributed by atoms with Crippen molar-refractivity contribution in [3.05, 3.63) is 65.5 Å². The van der Waals surface area contributed by atoms with Crippen molar-refractivity contribution >= 4 is 0 Å². The highest BCUT2D eigenvalue weighted by atomic mass is 16.5. The van der Waals surface area contributed by atoms with E-state index >= 15 is 0 Å². The Labute approximate surface area is 129 Å². The van der Waals surface area contributed by atoms with Crippen LogP contribution in [-0.2, 0) is 0 Å². The Hall–Kier alpha value is -2.66. The van der Waals surface area contributed by atoms with E-state index in [0.717, 1.165) is 16.9 Å². The first kappa shape index (κ1) is 14.3. The molecular weight excluding hydrogens is 276 g/mol. The van der Waals surface area contributed by atoms with Gasteiger partial charge in [0, 0.05) is 5.56 Å². The number of benzene rings is 2. The maximum atomic E-state index is 6.25. The number of nitrogens with zero attached hydrogens (tertiary/aromatic N) is 2. The number of methoxy groups -OCH3 is 1. The number of aryl methyl sites for hydroxylation is 1. The molecule has 112 valence electrons. The number of H-pyrrole nitrogens is 1. The van der Waals surface area contributed by atoms with Gasteiger partial charge in [-0.3, -0.25) is 5.10 Å². The van der Waals surface area contributed by atoms with Crippen LogP contribution in [0.5, 0.6) is 5.75 Å². The van der Waals surface area contributed by atoms with Crippen molar-refractivity contribution in [1.29, 1.82) is 0 Å². The summed E-state index contributed by atoms with van der Waals surface area (Å²) in [4.78, 5) is 4.50. The van der Waals surface area contributed by atoms with Crippen LogP contribution in [0.15, 0.2) is 48.5 Å². The molecule has 0 radical (unpaired) electrons. The summed E-state index contributed by atoms with van der Waals surface area (Å²) in [6.07, 6.45) is 0. The molecule has 0 spiro atoms. The number of rotatable bonds is 4. The lowest BCUT2D eigenvalue weighted by atomic mass is 10.1. The van der Waals surface area contributed by atoms with Gasteiger partial charge < -0.3 is 10.5 Å². The third kappa shape index (κ3) is 2.84. The molecule has 0 saturated carbocycles. The highest BCUT2D eigenvalue weighted by Gasteiger charge is 2.14. The second-order valence-corrected chi connectivity index (χ2v) is 5.16. The number of ether oxygens (including phenoxy) is 1. The van der Waals surface area contributed by atoms with Crippen LogP contribution in [0.1, 0.15) is 23.0 Å². The SMILES string of the molecule is COc1ccc(-c2n[nH]c([C@@H](N)c3ccc(C)cc3)n2)cc1. The summed E-state index contributed by atoms with van der Waals surface area (Å²) in [6, 6.07) is 15.4. The first-order chi connectivity index (χ1) is 10.7. The highest BCUT2D eigenvalue weighted by molar-refractivity contribution is 5.56. The molecule has 0 amide bonds. The zero-order valence-corrected chi connectivity index (χ0v) is 12.6. The van der Waals surface area contributed by atoms with Gasteiger partial charge in [0.2, 0.25) is 0 Å². The van der Waals surface area contributed by atoms with Crippen molar-refractivity contribution in [2.24, 2.45) is 5.73 Å². The van der Waals surface area contributed by atoms with Crippen LogP contribution in [0.3, 0.4) is 0 Å². The van der Waals surface area contributed by atoms with Crippen molar-refractivity contribution in [1.82, 2.24) is 15.2 Å². The minimum Gasteiger partial charge on any atom is -0.497 e. The fraction of sp³-hybridized carbons (Fsp3) is 0.176. The van der Waals surface area contributed by atoms with Gasteiger partial charge in [-0.1, -0.05) is 29.8 Å². The second kappa shape index (κ2) is 5.99. The molecule has 3 N–H and O–H groups in total. The molecule has 0 aliphatic carbocycles. The molecule has 0 fully saturated rings. The van der Waals surface area contributed by atoms with Crippen LogP contribution in [0.2, 0.25) is 0 Å². The quantitative estimate of drug-likeness (QED) is 0.775. The Kier molecular flexibility index (Phi) is 3.89. The van der Waals surface area contributed by atoms with Gasteiger partial charge in [-0.25, -0.2) is 4.98 Å².